The molecule has 0 aliphatic heterocycles. The lowest BCUT2D eigenvalue weighted by Crippen LogP contribution is -2.15. The number of hydrogen-bond acceptors (Lipinski definition) is 1. The maximum atomic E-state index is 6.09. The summed E-state index contributed by atoms with van der Waals surface area (Å²) in [4.78, 5) is 0. The zero-order valence-corrected chi connectivity index (χ0v) is 8.63. The van der Waals surface area contributed by atoms with Gasteiger partial charge in [0.25, 0.3) is 0 Å². The van der Waals surface area contributed by atoms with Crippen LogP contribution in [0.4, 0.5) is 0 Å². The first-order valence-corrected chi connectivity index (χ1v) is 5.50. The van der Waals surface area contributed by atoms with E-state index < -0.39 is 0 Å². The molecule has 0 radical (unpaired) electrons. The molecule has 0 amide bonds. The standard InChI is InChI=1S/C8H17ClS/c1-4-7(9)8(5-2)10-6-3/h7-8H,4-6H2,1-3H3. The van der Waals surface area contributed by atoms with Crippen LogP contribution in [0.1, 0.15) is 33.6 Å². The van der Waals surface area contributed by atoms with Crippen molar-refractivity contribution >= 4 is 23.4 Å². The first kappa shape index (κ1) is 10.6. The summed E-state index contributed by atoms with van der Waals surface area (Å²) < 4.78 is 0. The van der Waals surface area contributed by atoms with E-state index in [2.05, 4.69) is 20.8 Å². The third kappa shape index (κ3) is 3.72. The average Bonchev–Trinajstić information content (AvgIpc) is 1.99. The molecule has 10 heavy (non-hydrogen) atoms. The van der Waals surface area contributed by atoms with Crippen LogP contribution in [0, 0.1) is 0 Å². The van der Waals surface area contributed by atoms with Crippen molar-refractivity contribution in [1.82, 2.24) is 0 Å². The SMILES string of the molecule is CCSC(CC)C(Cl)CC. The van der Waals surface area contributed by atoms with Gasteiger partial charge in [0.15, 0.2) is 0 Å². The van der Waals surface area contributed by atoms with Gasteiger partial charge in [-0.2, -0.15) is 11.8 Å². The summed E-state index contributed by atoms with van der Waals surface area (Å²) in [7, 11) is 0. The van der Waals surface area contributed by atoms with E-state index in [0.717, 1.165) is 6.42 Å². The van der Waals surface area contributed by atoms with Crippen LogP contribution in [-0.2, 0) is 0 Å². The number of thioether (sulfide) groups is 1. The molecule has 2 heteroatoms. The summed E-state index contributed by atoms with van der Waals surface area (Å²) in [6.45, 7) is 6.54. The van der Waals surface area contributed by atoms with Crippen LogP contribution in [-0.4, -0.2) is 16.4 Å². The molecule has 2 unspecified atom stereocenters. The van der Waals surface area contributed by atoms with Crippen molar-refractivity contribution in [3.8, 4) is 0 Å². The van der Waals surface area contributed by atoms with Crippen molar-refractivity contribution in [2.24, 2.45) is 0 Å². The Kier molecular flexibility index (Phi) is 6.76. The molecule has 0 nitrogen and oxygen atoms in total. The summed E-state index contributed by atoms with van der Waals surface area (Å²) in [5, 5.41) is 1.03. The Morgan fingerprint density at radius 2 is 1.80 bits per heavy atom. The van der Waals surface area contributed by atoms with Gasteiger partial charge in [-0.25, -0.2) is 0 Å². The highest BCUT2D eigenvalue weighted by Crippen LogP contribution is 2.23. The van der Waals surface area contributed by atoms with Gasteiger partial charge in [-0.1, -0.05) is 20.8 Å². The van der Waals surface area contributed by atoms with Crippen molar-refractivity contribution in [3.63, 3.8) is 0 Å². The summed E-state index contributed by atoms with van der Waals surface area (Å²) in [6, 6.07) is 0. The summed E-state index contributed by atoms with van der Waals surface area (Å²) >= 11 is 8.07. The Morgan fingerprint density at radius 1 is 1.20 bits per heavy atom. The van der Waals surface area contributed by atoms with Gasteiger partial charge in [-0.3, -0.25) is 0 Å². The van der Waals surface area contributed by atoms with E-state index >= 15 is 0 Å². The molecule has 0 N–H and O–H groups in total. The van der Waals surface area contributed by atoms with E-state index in [-0.39, 0.29) is 0 Å². The van der Waals surface area contributed by atoms with Crippen LogP contribution >= 0.6 is 23.4 Å². The van der Waals surface area contributed by atoms with Crippen LogP contribution < -0.4 is 0 Å². The molecule has 0 aromatic rings. The fraction of sp³-hybridized carbons (Fsp3) is 1.00. The summed E-state index contributed by atoms with van der Waals surface area (Å²) in [5.74, 6) is 1.18. The third-order valence-corrected chi connectivity index (χ3v) is 3.76. The molecule has 0 fully saturated rings. The van der Waals surface area contributed by atoms with Crippen molar-refractivity contribution in [2.45, 2.75) is 44.2 Å². The highest BCUT2D eigenvalue weighted by Gasteiger charge is 2.14. The molecule has 0 aromatic carbocycles. The zero-order valence-electron chi connectivity index (χ0n) is 7.06. The van der Waals surface area contributed by atoms with Crippen LogP contribution in [0.2, 0.25) is 0 Å². The Bertz CT molecular complexity index is 75.7. The van der Waals surface area contributed by atoms with Gasteiger partial charge in [-0.05, 0) is 18.6 Å². The Balaban J connectivity index is 3.56. The van der Waals surface area contributed by atoms with Gasteiger partial charge in [0.05, 0.1) is 0 Å². The molecule has 0 saturated heterocycles. The lowest BCUT2D eigenvalue weighted by Gasteiger charge is -2.17. The van der Waals surface area contributed by atoms with Gasteiger partial charge in [-0.15, -0.1) is 11.6 Å². The maximum Gasteiger partial charge on any atom is 0.0452 e. The molecule has 0 bridgehead atoms. The second-order valence-corrected chi connectivity index (χ2v) is 4.40. The minimum Gasteiger partial charge on any atom is -0.157 e. The smallest absolute Gasteiger partial charge is 0.0452 e. The predicted octanol–water partition coefficient (Wildman–Crippen LogP) is 3.54. The normalized spacial score (nSPS) is 16.8. The molecule has 0 aliphatic carbocycles. The van der Waals surface area contributed by atoms with Gasteiger partial charge in [0, 0.05) is 10.6 Å². The minimum absolute atomic E-state index is 0.370. The lowest BCUT2D eigenvalue weighted by atomic mass is 10.2. The summed E-state index contributed by atoms with van der Waals surface area (Å²) in [6.07, 6.45) is 2.29. The predicted molar refractivity (Wildman–Crippen MR) is 52.1 cm³/mol. The topological polar surface area (TPSA) is 0 Å². The van der Waals surface area contributed by atoms with Crippen molar-refractivity contribution < 1.29 is 0 Å². The second kappa shape index (κ2) is 6.36. The van der Waals surface area contributed by atoms with Crippen molar-refractivity contribution in [3.05, 3.63) is 0 Å². The van der Waals surface area contributed by atoms with Crippen LogP contribution in [0.3, 0.4) is 0 Å². The Hall–Kier alpha value is 0.640. The Morgan fingerprint density at radius 3 is 2.10 bits per heavy atom. The average molecular weight is 181 g/mol. The van der Waals surface area contributed by atoms with E-state index in [1.165, 1.54) is 12.2 Å². The molecule has 0 spiro atoms. The molecule has 0 saturated carbocycles. The van der Waals surface area contributed by atoms with Crippen LogP contribution in [0.15, 0.2) is 0 Å². The molecular formula is C8H17ClS. The number of alkyl halides is 1. The molecule has 0 aliphatic rings. The molecule has 62 valence electrons. The lowest BCUT2D eigenvalue weighted by molar-refractivity contribution is 0.728. The fourth-order valence-corrected chi connectivity index (χ4v) is 2.42. The van der Waals surface area contributed by atoms with Crippen LogP contribution in [0.5, 0.6) is 0 Å². The molecule has 0 aromatic heterocycles. The van der Waals surface area contributed by atoms with E-state index in [1.54, 1.807) is 0 Å². The first-order chi connectivity index (χ1) is 4.76. The molecule has 0 heterocycles. The zero-order chi connectivity index (χ0) is 7.98. The van der Waals surface area contributed by atoms with Crippen molar-refractivity contribution in [1.29, 1.82) is 0 Å². The van der Waals surface area contributed by atoms with Gasteiger partial charge in [0.1, 0.15) is 0 Å². The largest absolute Gasteiger partial charge is 0.157 e. The van der Waals surface area contributed by atoms with Crippen LogP contribution in [0.25, 0.3) is 0 Å². The quantitative estimate of drug-likeness (QED) is 0.584. The van der Waals surface area contributed by atoms with Gasteiger partial charge in [0.2, 0.25) is 0 Å². The minimum atomic E-state index is 0.370. The van der Waals surface area contributed by atoms with Crippen molar-refractivity contribution in [2.75, 3.05) is 5.75 Å². The van der Waals surface area contributed by atoms with E-state index in [0.29, 0.717) is 10.6 Å². The van der Waals surface area contributed by atoms with E-state index in [4.69, 9.17) is 11.6 Å². The number of halogens is 1. The number of hydrogen-bond donors (Lipinski definition) is 0. The Labute approximate surface area is 73.7 Å². The van der Waals surface area contributed by atoms with E-state index in [1.807, 2.05) is 11.8 Å². The fourth-order valence-electron chi connectivity index (χ4n) is 0.955. The highest BCUT2D eigenvalue weighted by molar-refractivity contribution is 7.99. The highest BCUT2D eigenvalue weighted by atomic mass is 35.5. The first-order valence-electron chi connectivity index (χ1n) is 4.01. The monoisotopic (exact) mass is 180 g/mol. The summed E-state index contributed by atoms with van der Waals surface area (Å²) in [5.41, 5.74) is 0. The molecule has 2 atom stereocenters. The van der Waals surface area contributed by atoms with Gasteiger partial charge < -0.3 is 0 Å². The number of rotatable bonds is 5. The maximum absolute atomic E-state index is 6.09. The van der Waals surface area contributed by atoms with Gasteiger partial charge >= 0.3 is 0 Å². The molecule has 0 rings (SSSR count). The third-order valence-electron chi connectivity index (χ3n) is 1.58. The molecular weight excluding hydrogens is 164 g/mol. The van der Waals surface area contributed by atoms with E-state index in [9.17, 15) is 0 Å². The second-order valence-electron chi connectivity index (χ2n) is 2.33.